The molecule has 2 heterocycles. The molecule has 162 valence electrons. The van der Waals surface area contributed by atoms with Crippen molar-refractivity contribution in [1.29, 1.82) is 0 Å². The van der Waals surface area contributed by atoms with Crippen molar-refractivity contribution in [1.82, 2.24) is 15.1 Å². The molecule has 2 fully saturated rings. The highest BCUT2D eigenvalue weighted by Gasteiger charge is 2.32. The predicted octanol–water partition coefficient (Wildman–Crippen LogP) is 3.06. The maximum atomic E-state index is 12.8. The van der Waals surface area contributed by atoms with Gasteiger partial charge in [0.2, 0.25) is 12.3 Å². The molecule has 1 atom stereocenters. The quantitative estimate of drug-likeness (QED) is 0.668. The lowest BCUT2D eigenvalue weighted by atomic mass is 9.83. The van der Waals surface area contributed by atoms with Crippen molar-refractivity contribution in [3.05, 3.63) is 34.9 Å². The first-order chi connectivity index (χ1) is 14.5. The van der Waals surface area contributed by atoms with Gasteiger partial charge in [0.25, 0.3) is 5.91 Å². The number of amides is 3. The van der Waals surface area contributed by atoms with Crippen LogP contribution in [0.2, 0.25) is 0 Å². The van der Waals surface area contributed by atoms with Crippen molar-refractivity contribution >= 4 is 18.2 Å². The van der Waals surface area contributed by atoms with Crippen LogP contribution in [-0.4, -0.2) is 53.7 Å². The molecule has 3 amide bonds. The number of benzene rings is 1. The molecule has 0 spiro atoms. The molecule has 0 aromatic heterocycles. The molecule has 6 nitrogen and oxygen atoms in total. The van der Waals surface area contributed by atoms with Crippen molar-refractivity contribution in [3.63, 3.8) is 0 Å². The number of rotatable bonds is 8. The van der Waals surface area contributed by atoms with Gasteiger partial charge in [-0.3, -0.25) is 19.7 Å². The van der Waals surface area contributed by atoms with Gasteiger partial charge in [0.05, 0.1) is 0 Å². The lowest BCUT2D eigenvalue weighted by Gasteiger charge is -2.37. The SMILES string of the molecule is CC(CCC(=O)NC=O)N1Cc2cc(C3CCN(CC4CCC4)CC3)ccc2C1=O. The zero-order chi connectivity index (χ0) is 21.1. The lowest BCUT2D eigenvalue weighted by molar-refractivity contribution is -0.125. The van der Waals surface area contributed by atoms with Crippen LogP contribution >= 0.6 is 0 Å². The van der Waals surface area contributed by atoms with Crippen LogP contribution < -0.4 is 5.32 Å². The summed E-state index contributed by atoms with van der Waals surface area (Å²) in [5.41, 5.74) is 3.27. The van der Waals surface area contributed by atoms with Crippen molar-refractivity contribution in [2.45, 2.75) is 70.4 Å². The largest absolute Gasteiger partial charge is 0.332 e. The van der Waals surface area contributed by atoms with Gasteiger partial charge in [-0.25, -0.2) is 0 Å². The van der Waals surface area contributed by atoms with Gasteiger partial charge in [0, 0.05) is 31.1 Å². The fraction of sp³-hybridized carbons (Fsp3) is 0.625. The van der Waals surface area contributed by atoms with Crippen molar-refractivity contribution < 1.29 is 14.4 Å². The van der Waals surface area contributed by atoms with Crippen molar-refractivity contribution in [2.24, 2.45) is 5.92 Å². The summed E-state index contributed by atoms with van der Waals surface area (Å²) in [5.74, 6) is 1.27. The van der Waals surface area contributed by atoms with Crippen molar-refractivity contribution in [2.75, 3.05) is 19.6 Å². The van der Waals surface area contributed by atoms with Crippen LogP contribution in [0.5, 0.6) is 0 Å². The minimum Gasteiger partial charge on any atom is -0.332 e. The molecule has 0 radical (unpaired) electrons. The molecule has 4 rings (SSSR count). The minimum atomic E-state index is -0.299. The van der Waals surface area contributed by atoms with Crippen LogP contribution in [0.25, 0.3) is 0 Å². The topological polar surface area (TPSA) is 69.7 Å². The molecule has 3 aliphatic rings. The van der Waals surface area contributed by atoms with Crippen LogP contribution in [0.4, 0.5) is 0 Å². The summed E-state index contributed by atoms with van der Waals surface area (Å²) in [6.45, 7) is 6.23. The van der Waals surface area contributed by atoms with E-state index in [9.17, 15) is 14.4 Å². The van der Waals surface area contributed by atoms with E-state index in [1.165, 1.54) is 57.3 Å². The van der Waals surface area contributed by atoms with Crippen LogP contribution in [0, 0.1) is 5.92 Å². The van der Waals surface area contributed by atoms with E-state index < -0.39 is 0 Å². The lowest BCUT2D eigenvalue weighted by Crippen LogP contribution is -2.38. The Morgan fingerprint density at radius 3 is 2.67 bits per heavy atom. The first-order valence-electron chi connectivity index (χ1n) is 11.4. The van der Waals surface area contributed by atoms with Crippen LogP contribution in [-0.2, 0) is 16.1 Å². The van der Waals surface area contributed by atoms with Gasteiger partial charge < -0.3 is 9.80 Å². The van der Waals surface area contributed by atoms with E-state index in [1.54, 1.807) is 0 Å². The number of carbonyl (C=O) groups is 3. The number of nitrogens with one attached hydrogen (secondary N) is 1. The molecule has 1 saturated carbocycles. The van der Waals surface area contributed by atoms with Crippen LogP contribution in [0.3, 0.4) is 0 Å². The fourth-order valence-electron chi connectivity index (χ4n) is 5.10. The Kier molecular flexibility index (Phi) is 6.52. The van der Waals surface area contributed by atoms with Crippen molar-refractivity contribution in [3.8, 4) is 0 Å². The number of imide groups is 1. The van der Waals surface area contributed by atoms with Gasteiger partial charge in [-0.1, -0.05) is 18.6 Å². The molecule has 1 aromatic carbocycles. The highest BCUT2D eigenvalue weighted by molar-refractivity contribution is 5.98. The Labute approximate surface area is 179 Å². The molecule has 1 aromatic rings. The van der Waals surface area contributed by atoms with E-state index in [4.69, 9.17) is 0 Å². The summed E-state index contributed by atoms with van der Waals surface area (Å²) in [4.78, 5) is 39.2. The van der Waals surface area contributed by atoms with Gasteiger partial charge in [-0.2, -0.15) is 0 Å². The first-order valence-corrected chi connectivity index (χ1v) is 11.4. The van der Waals surface area contributed by atoms with Gasteiger partial charge >= 0.3 is 0 Å². The van der Waals surface area contributed by atoms with E-state index in [2.05, 4.69) is 22.3 Å². The van der Waals surface area contributed by atoms with E-state index in [-0.39, 0.29) is 24.3 Å². The molecule has 1 saturated heterocycles. The minimum absolute atomic E-state index is 0.0412. The molecule has 2 aliphatic heterocycles. The molecule has 30 heavy (non-hydrogen) atoms. The maximum absolute atomic E-state index is 12.8. The average Bonchev–Trinajstić information content (AvgIpc) is 3.06. The number of nitrogens with zero attached hydrogens (tertiary/aromatic N) is 2. The van der Waals surface area contributed by atoms with E-state index in [0.717, 1.165) is 17.0 Å². The Bertz CT molecular complexity index is 797. The normalized spacial score (nSPS) is 21.2. The molecular weight excluding hydrogens is 378 g/mol. The van der Waals surface area contributed by atoms with Gasteiger partial charge in [-0.15, -0.1) is 0 Å². The summed E-state index contributed by atoms with van der Waals surface area (Å²) in [6, 6.07) is 6.35. The van der Waals surface area contributed by atoms with E-state index >= 15 is 0 Å². The Morgan fingerprint density at radius 2 is 2.00 bits per heavy atom. The Morgan fingerprint density at radius 1 is 1.23 bits per heavy atom. The number of fused-ring (bicyclic) bond motifs is 1. The third-order valence-electron chi connectivity index (χ3n) is 7.30. The molecule has 1 aliphatic carbocycles. The smallest absolute Gasteiger partial charge is 0.254 e. The zero-order valence-electron chi connectivity index (χ0n) is 17.9. The van der Waals surface area contributed by atoms with Crippen LogP contribution in [0.1, 0.15) is 79.3 Å². The molecule has 6 heteroatoms. The molecule has 1 unspecified atom stereocenters. The number of hydrogen-bond donors (Lipinski definition) is 1. The summed E-state index contributed by atoms with van der Waals surface area (Å²) >= 11 is 0. The average molecular weight is 412 g/mol. The zero-order valence-corrected chi connectivity index (χ0v) is 17.9. The summed E-state index contributed by atoms with van der Waals surface area (Å²) < 4.78 is 0. The van der Waals surface area contributed by atoms with E-state index in [1.807, 2.05) is 17.9 Å². The van der Waals surface area contributed by atoms with Gasteiger partial charge in [0.1, 0.15) is 0 Å². The van der Waals surface area contributed by atoms with Gasteiger partial charge in [-0.05, 0) is 81.1 Å². The third-order valence-corrected chi connectivity index (χ3v) is 7.30. The van der Waals surface area contributed by atoms with Gasteiger partial charge in [0.15, 0.2) is 0 Å². The fourth-order valence-corrected chi connectivity index (χ4v) is 5.10. The highest BCUT2D eigenvalue weighted by Crippen LogP contribution is 2.34. The Balaban J connectivity index is 1.33. The molecule has 1 N–H and O–H groups in total. The standard InChI is InChI=1S/C24H33N3O3/c1-17(5-8-23(29)25-16-28)27-15-21-13-20(6-7-22(21)24(27)30)19-9-11-26(12-10-19)14-18-3-2-4-18/h6-7,13,16-19H,2-5,8-12,14-15H2,1H3,(H,25,28,29). The second-order valence-electron chi connectivity index (χ2n) is 9.29. The second kappa shape index (κ2) is 9.29. The molecular formula is C24H33N3O3. The molecule has 0 bridgehead atoms. The number of piperidine rings is 1. The first kappa shape index (κ1) is 21.0. The summed E-state index contributed by atoms with van der Waals surface area (Å²) in [7, 11) is 0. The monoisotopic (exact) mass is 411 g/mol. The Hall–Kier alpha value is -2.21. The maximum Gasteiger partial charge on any atom is 0.254 e. The van der Waals surface area contributed by atoms with E-state index in [0.29, 0.717) is 25.3 Å². The summed E-state index contributed by atoms with van der Waals surface area (Å²) in [6.07, 6.45) is 7.83. The predicted molar refractivity (Wildman–Crippen MR) is 115 cm³/mol. The number of likely N-dealkylation sites (tertiary alicyclic amines) is 1. The highest BCUT2D eigenvalue weighted by atomic mass is 16.2. The second-order valence-corrected chi connectivity index (χ2v) is 9.29. The van der Waals surface area contributed by atoms with Crippen LogP contribution in [0.15, 0.2) is 18.2 Å². The number of hydrogen-bond acceptors (Lipinski definition) is 4. The number of carbonyl (C=O) groups excluding carboxylic acids is 3. The summed E-state index contributed by atoms with van der Waals surface area (Å²) in [5, 5.41) is 2.16. The third kappa shape index (κ3) is 4.59.